The Kier molecular flexibility index (Phi) is 6.92. The highest BCUT2D eigenvalue weighted by Crippen LogP contribution is 2.23. The Hall–Kier alpha value is -0.650. The van der Waals surface area contributed by atoms with Crippen molar-refractivity contribution in [3.8, 4) is 0 Å². The molecule has 1 fully saturated rings. The first-order chi connectivity index (χ1) is 9.38. The van der Waals surface area contributed by atoms with E-state index in [0.29, 0.717) is 13.1 Å². The number of piperidine rings is 1. The first kappa shape index (κ1) is 17.4. The first-order valence-electron chi connectivity index (χ1n) is 7.77. The quantitative estimate of drug-likeness (QED) is 0.676. The maximum atomic E-state index is 12.1. The van der Waals surface area contributed by atoms with Crippen LogP contribution in [0.5, 0.6) is 0 Å². The maximum absolute atomic E-state index is 12.1. The van der Waals surface area contributed by atoms with Gasteiger partial charge in [0.25, 0.3) is 0 Å². The molecule has 0 aromatic rings. The van der Waals surface area contributed by atoms with Crippen LogP contribution in [0.1, 0.15) is 39.5 Å². The van der Waals surface area contributed by atoms with E-state index < -0.39 is 5.60 Å². The third-order valence-corrected chi connectivity index (χ3v) is 3.95. The van der Waals surface area contributed by atoms with Crippen molar-refractivity contribution in [1.29, 1.82) is 0 Å². The molecule has 20 heavy (non-hydrogen) atoms. The molecule has 118 valence electrons. The van der Waals surface area contributed by atoms with Gasteiger partial charge in [0, 0.05) is 19.6 Å². The second kappa shape index (κ2) is 7.96. The number of unbranched alkanes of at least 4 members (excludes halogenated alkanes) is 1. The van der Waals surface area contributed by atoms with E-state index in [2.05, 4.69) is 17.1 Å². The van der Waals surface area contributed by atoms with Gasteiger partial charge in [0.1, 0.15) is 0 Å². The van der Waals surface area contributed by atoms with Crippen molar-refractivity contribution >= 4 is 5.91 Å². The van der Waals surface area contributed by atoms with Crippen LogP contribution in [0.15, 0.2) is 0 Å². The van der Waals surface area contributed by atoms with Crippen LogP contribution in [0.2, 0.25) is 0 Å². The SMILES string of the molecule is CCCCNC(=O)[C@@H](C)N1CCC[C@](O)(CN(C)C)C1. The van der Waals surface area contributed by atoms with Crippen LogP contribution in [-0.2, 0) is 4.79 Å². The van der Waals surface area contributed by atoms with Crippen molar-refractivity contribution < 1.29 is 9.90 Å². The largest absolute Gasteiger partial charge is 0.387 e. The monoisotopic (exact) mass is 285 g/mol. The molecule has 2 atom stereocenters. The van der Waals surface area contributed by atoms with Gasteiger partial charge in [0.2, 0.25) is 5.91 Å². The second-order valence-electron chi connectivity index (χ2n) is 6.36. The molecule has 5 heteroatoms. The lowest BCUT2D eigenvalue weighted by atomic mass is 9.91. The highest BCUT2D eigenvalue weighted by Gasteiger charge is 2.36. The van der Waals surface area contributed by atoms with Crippen LogP contribution < -0.4 is 5.32 Å². The summed E-state index contributed by atoms with van der Waals surface area (Å²) >= 11 is 0. The Bertz CT molecular complexity index is 309. The lowest BCUT2D eigenvalue weighted by molar-refractivity contribution is -0.129. The van der Waals surface area contributed by atoms with Gasteiger partial charge in [-0.3, -0.25) is 9.69 Å². The number of likely N-dealkylation sites (N-methyl/N-ethyl adjacent to an activating group) is 1. The van der Waals surface area contributed by atoms with Gasteiger partial charge in [0.05, 0.1) is 11.6 Å². The molecule has 1 amide bonds. The number of carbonyl (C=O) groups is 1. The van der Waals surface area contributed by atoms with Crippen molar-refractivity contribution in [2.24, 2.45) is 0 Å². The summed E-state index contributed by atoms with van der Waals surface area (Å²) in [6.07, 6.45) is 3.85. The minimum Gasteiger partial charge on any atom is -0.387 e. The van der Waals surface area contributed by atoms with Crippen molar-refractivity contribution in [3.63, 3.8) is 0 Å². The Morgan fingerprint density at radius 3 is 2.80 bits per heavy atom. The van der Waals surface area contributed by atoms with Gasteiger partial charge in [-0.15, -0.1) is 0 Å². The van der Waals surface area contributed by atoms with Gasteiger partial charge < -0.3 is 15.3 Å². The number of aliphatic hydroxyl groups is 1. The summed E-state index contributed by atoms with van der Waals surface area (Å²) in [6.45, 7) is 6.90. The number of nitrogens with one attached hydrogen (secondary N) is 1. The van der Waals surface area contributed by atoms with Crippen LogP contribution in [-0.4, -0.2) is 72.7 Å². The highest BCUT2D eigenvalue weighted by atomic mass is 16.3. The third kappa shape index (κ3) is 5.38. The zero-order valence-electron chi connectivity index (χ0n) is 13.5. The van der Waals surface area contributed by atoms with E-state index >= 15 is 0 Å². The Morgan fingerprint density at radius 2 is 2.20 bits per heavy atom. The van der Waals surface area contributed by atoms with E-state index in [1.807, 2.05) is 25.9 Å². The number of β-amino-alcohol motifs (C(OH)–C–C–N with tert-alkyl or cyclic N) is 1. The molecular formula is C15H31N3O2. The van der Waals surface area contributed by atoms with Gasteiger partial charge in [-0.05, 0) is 46.8 Å². The molecule has 0 saturated carbocycles. The van der Waals surface area contributed by atoms with E-state index in [1.165, 1.54) is 0 Å². The minimum atomic E-state index is -0.695. The first-order valence-corrected chi connectivity index (χ1v) is 7.77. The summed E-state index contributed by atoms with van der Waals surface area (Å²) in [5.41, 5.74) is -0.695. The van der Waals surface area contributed by atoms with E-state index in [0.717, 1.165) is 38.8 Å². The molecule has 0 aromatic carbocycles. The Labute approximate surface area is 123 Å². The number of hydrogen-bond acceptors (Lipinski definition) is 4. The maximum Gasteiger partial charge on any atom is 0.237 e. The number of nitrogens with zero attached hydrogens (tertiary/aromatic N) is 2. The molecule has 1 aliphatic rings. The summed E-state index contributed by atoms with van der Waals surface area (Å²) in [5, 5.41) is 13.6. The van der Waals surface area contributed by atoms with Gasteiger partial charge in [-0.1, -0.05) is 13.3 Å². The summed E-state index contributed by atoms with van der Waals surface area (Å²) in [6, 6.07) is -0.166. The Balaban J connectivity index is 2.51. The normalized spacial score (nSPS) is 25.7. The smallest absolute Gasteiger partial charge is 0.237 e. The van der Waals surface area contributed by atoms with Crippen molar-refractivity contribution in [2.45, 2.75) is 51.2 Å². The van der Waals surface area contributed by atoms with Crippen molar-refractivity contribution in [1.82, 2.24) is 15.1 Å². The van der Waals surface area contributed by atoms with Crippen LogP contribution in [0.4, 0.5) is 0 Å². The molecule has 1 aliphatic heterocycles. The minimum absolute atomic E-state index is 0.0764. The second-order valence-corrected chi connectivity index (χ2v) is 6.36. The average molecular weight is 285 g/mol. The van der Waals surface area contributed by atoms with E-state index in [4.69, 9.17) is 0 Å². The van der Waals surface area contributed by atoms with Crippen molar-refractivity contribution in [3.05, 3.63) is 0 Å². The predicted octanol–water partition coefficient (Wildman–Crippen LogP) is 0.680. The molecule has 0 aliphatic carbocycles. The van der Waals surface area contributed by atoms with Gasteiger partial charge in [-0.25, -0.2) is 0 Å². The average Bonchev–Trinajstić information content (AvgIpc) is 2.36. The predicted molar refractivity (Wildman–Crippen MR) is 81.7 cm³/mol. The van der Waals surface area contributed by atoms with Crippen LogP contribution in [0.3, 0.4) is 0 Å². The topological polar surface area (TPSA) is 55.8 Å². The molecule has 0 radical (unpaired) electrons. The fourth-order valence-electron chi connectivity index (χ4n) is 2.90. The third-order valence-electron chi connectivity index (χ3n) is 3.95. The molecular weight excluding hydrogens is 254 g/mol. The fraction of sp³-hybridized carbons (Fsp3) is 0.933. The lowest BCUT2D eigenvalue weighted by Crippen LogP contribution is -2.57. The molecule has 1 heterocycles. The summed E-state index contributed by atoms with van der Waals surface area (Å²) in [7, 11) is 3.94. The molecule has 1 saturated heterocycles. The molecule has 0 bridgehead atoms. The lowest BCUT2D eigenvalue weighted by Gasteiger charge is -2.42. The molecule has 5 nitrogen and oxygen atoms in total. The zero-order chi connectivity index (χ0) is 15.2. The number of likely N-dealkylation sites (tertiary alicyclic amines) is 1. The molecule has 0 aromatic heterocycles. The van der Waals surface area contributed by atoms with Crippen molar-refractivity contribution in [2.75, 3.05) is 40.3 Å². The number of carbonyl (C=O) groups excluding carboxylic acids is 1. The Morgan fingerprint density at radius 1 is 1.50 bits per heavy atom. The summed E-state index contributed by atoms with van der Waals surface area (Å²) in [4.78, 5) is 16.2. The summed E-state index contributed by atoms with van der Waals surface area (Å²) < 4.78 is 0. The summed E-state index contributed by atoms with van der Waals surface area (Å²) in [5.74, 6) is 0.0764. The number of rotatable bonds is 7. The highest BCUT2D eigenvalue weighted by molar-refractivity contribution is 5.81. The molecule has 2 N–H and O–H groups in total. The van der Waals surface area contributed by atoms with E-state index in [9.17, 15) is 9.90 Å². The van der Waals surface area contributed by atoms with Gasteiger partial charge in [0.15, 0.2) is 0 Å². The standard InChI is InChI=1S/C15H31N3O2/c1-5-6-9-16-14(19)13(2)18-10-7-8-15(20,12-18)11-17(3)4/h13,20H,5-12H2,1-4H3,(H,16,19)/t13-,15+/m1/s1. The number of amides is 1. The molecule has 1 rings (SSSR count). The van der Waals surface area contributed by atoms with Gasteiger partial charge in [-0.2, -0.15) is 0 Å². The number of hydrogen-bond donors (Lipinski definition) is 2. The zero-order valence-corrected chi connectivity index (χ0v) is 13.5. The van der Waals surface area contributed by atoms with Crippen LogP contribution >= 0.6 is 0 Å². The van der Waals surface area contributed by atoms with E-state index in [-0.39, 0.29) is 11.9 Å². The van der Waals surface area contributed by atoms with Crippen LogP contribution in [0.25, 0.3) is 0 Å². The van der Waals surface area contributed by atoms with Crippen LogP contribution in [0, 0.1) is 0 Å². The fourth-order valence-corrected chi connectivity index (χ4v) is 2.90. The molecule has 0 spiro atoms. The van der Waals surface area contributed by atoms with E-state index in [1.54, 1.807) is 0 Å². The molecule has 0 unspecified atom stereocenters. The van der Waals surface area contributed by atoms with Gasteiger partial charge >= 0.3 is 0 Å².